The second-order valence-corrected chi connectivity index (χ2v) is 4.51. The molecule has 2 rings (SSSR count). The van der Waals surface area contributed by atoms with Gasteiger partial charge in [-0.3, -0.25) is 0 Å². The van der Waals surface area contributed by atoms with Gasteiger partial charge < -0.3 is 10.5 Å². The Bertz CT molecular complexity index is 384. The van der Waals surface area contributed by atoms with Crippen LogP contribution in [0, 0.1) is 11.6 Å². The zero-order chi connectivity index (χ0) is 12.3. The van der Waals surface area contributed by atoms with Crippen molar-refractivity contribution in [2.24, 2.45) is 5.73 Å². The lowest BCUT2D eigenvalue weighted by Gasteiger charge is -2.23. The number of nitrogens with two attached hydrogens (primary N) is 1. The lowest BCUT2D eigenvalue weighted by Crippen LogP contribution is -2.38. The number of hydrogen-bond donors (Lipinski definition) is 1. The average Bonchev–Trinajstić information content (AvgIpc) is 2.51. The molecule has 1 saturated carbocycles. The zero-order valence-electron chi connectivity index (χ0n) is 9.66. The molecule has 1 aromatic rings. The van der Waals surface area contributed by atoms with Gasteiger partial charge in [0, 0.05) is 6.04 Å². The van der Waals surface area contributed by atoms with Crippen molar-refractivity contribution < 1.29 is 13.5 Å². The molecular formula is C13H17F2NO. The number of rotatable bonds is 2. The molecule has 2 N–H and O–H groups in total. The predicted octanol–water partition coefficient (Wildman–Crippen LogP) is 3.00. The van der Waals surface area contributed by atoms with E-state index in [1.165, 1.54) is 12.1 Å². The van der Waals surface area contributed by atoms with Crippen molar-refractivity contribution in [3.8, 4) is 5.75 Å². The first-order valence-corrected chi connectivity index (χ1v) is 6.04. The summed E-state index contributed by atoms with van der Waals surface area (Å²) in [4.78, 5) is 0. The zero-order valence-corrected chi connectivity index (χ0v) is 9.66. The van der Waals surface area contributed by atoms with Crippen LogP contribution in [0.5, 0.6) is 5.75 Å². The first-order chi connectivity index (χ1) is 8.18. The first kappa shape index (κ1) is 12.3. The molecule has 2 nitrogen and oxygen atoms in total. The summed E-state index contributed by atoms with van der Waals surface area (Å²) in [6.07, 6.45) is 4.69. The van der Waals surface area contributed by atoms with Crippen molar-refractivity contribution in [1.29, 1.82) is 0 Å². The number of halogens is 2. The third-order valence-electron chi connectivity index (χ3n) is 3.20. The van der Waals surface area contributed by atoms with Gasteiger partial charge in [-0.05, 0) is 31.4 Å². The Kier molecular flexibility index (Phi) is 3.94. The van der Waals surface area contributed by atoms with E-state index < -0.39 is 11.6 Å². The molecule has 0 heterocycles. The summed E-state index contributed by atoms with van der Waals surface area (Å²) >= 11 is 0. The SMILES string of the molecule is NC1CCCCCC1Oc1cccc(F)c1F. The minimum Gasteiger partial charge on any atom is -0.486 e. The summed E-state index contributed by atoms with van der Waals surface area (Å²) in [7, 11) is 0. The smallest absolute Gasteiger partial charge is 0.200 e. The van der Waals surface area contributed by atoms with E-state index in [1.807, 2.05) is 0 Å². The third kappa shape index (κ3) is 2.94. The number of ether oxygens (including phenoxy) is 1. The van der Waals surface area contributed by atoms with Crippen LogP contribution in [0.15, 0.2) is 18.2 Å². The van der Waals surface area contributed by atoms with Crippen LogP contribution in [0.25, 0.3) is 0 Å². The van der Waals surface area contributed by atoms with Gasteiger partial charge in [-0.15, -0.1) is 0 Å². The Balaban J connectivity index is 2.10. The lowest BCUT2D eigenvalue weighted by molar-refractivity contribution is 0.154. The number of benzene rings is 1. The second kappa shape index (κ2) is 5.45. The van der Waals surface area contributed by atoms with E-state index in [4.69, 9.17) is 10.5 Å². The Hall–Kier alpha value is -1.16. The van der Waals surface area contributed by atoms with Crippen molar-refractivity contribution in [1.82, 2.24) is 0 Å². The minimum atomic E-state index is -0.927. The molecule has 0 radical (unpaired) electrons. The Morgan fingerprint density at radius 2 is 1.88 bits per heavy atom. The Labute approximate surface area is 99.8 Å². The maximum absolute atomic E-state index is 13.4. The van der Waals surface area contributed by atoms with Gasteiger partial charge in [0.05, 0.1) is 0 Å². The normalized spacial score (nSPS) is 25.4. The van der Waals surface area contributed by atoms with E-state index >= 15 is 0 Å². The highest BCUT2D eigenvalue weighted by molar-refractivity contribution is 5.25. The van der Waals surface area contributed by atoms with Crippen LogP contribution in [0.2, 0.25) is 0 Å². The molecule has 94 valence electrons. The average molecular weight is 241 g/mol. The highest BCUT2D eigenvalue weighted by Crippen LogP contribution is 2.25. The molecule has 0 aliphatic heterocycles. The molecule has 4 heteroatoms. The molecule has 2 atom stereocenters. The molecule has 2 unspecified atom stereocenters. The quantitative estimate of drug-likeness (QED) is 0.808. The first-order valence-electron chi connectivity index (χ1n) is 6.04. The molecule has 1 aliphatic rings. The summed E-state index contributed by atoms with van der Waals surface area (Å²) in [5.74, 6) is -1.85. The van der Waals surface area contributed by atoms with Gasteiger partial charge in [-0.25, -0.2) is 4.39 Å². The van der Waals surface area contributed by atoms with Crippen LogP contribution >= 0.6 is 0 Å². The van der Waals surface area contributed by atoms with Crippen LogP contribution in [-0.4, -0.2) is 12.1 Å². The van der Waals surface area contributed by atoms with Crippen molar-refractivity contribution >= 4 is 0 Å². The van der Waals surface area contributed by atoms with E-state index in [1.54, 1.807) is 0 Å². The molecular weight excluding hydrogens is 224 g/mol. The van der Waals surface area contributed by atoms with Crippen LogP contribution in [0.1, 0.15) is 32.1 Å². The summed E-state index contributed by atoms with van der Waals surface area (Å²) < 4.78 is 32.0. The Morgan fingerprint density at radius 1 is 1.12 bits per heavy atom. The number of hydrogen-bond acceptors (Lipinski definition) is 2. The largest absolute Gasteiger partial charge is 0.486 e. The summed E-state index contributed by atoms with van der Waals surface area (Å²) in [6, 6.07) is 3.86. The predicted molar refractivity (Wildman–Crippen MR) is 61.8 cm³/mol. The maximum atomic E-state index is 13.4. The topological polar surface area (TPSA) is 35.2 Å². The fourth-order valence-corrected chi connectivity index (χ4v) is 2.19. The monoisotopic (exact) mass is 241 g/mol. The fourth-order valence-electron chi connectivity index (χ4n) is 2.19. The molecule has 0 bridgehead atoms. The molecule has 1 aromatic carbocycles. The minimum absolute atomic E-state index is 0.0349. The van der Waals surface area contributed by atoms with Crippen LogP contribution in [0.4, 0.5) is 8.78 Å². The third-order valence-corrected chi connectivity index (χ3v) is 3.20. The lowest BCUT2D eigenvalue weighted by atomic mass is 10.1. The highest BCUT2D eigenvalue weighted by Gasteiger charge is 2.23. The standard InChI is InChI=1S/C13H17F2NO/c14-9-5-4-8-12(13(9)15)17-11-7-3-1-2-6-10(11)16/h4-5,8,10-11H,1-3,6-7,16H2. The van der Waals surface area contributed by atoms with E-state index in [9.17, 15) is 8.78 Å². The molecule has 0 aromatic heterocycles. The van der Waals surface area contributed by atoms with Gasteiger partial charge in [0.2, 0.25) is 5.82 Å². The van der Waals surface area contributed by atoms with Crippen molar-refractivity contribution in [2.75, 3.05) is 0 Å². The van der Waals surface area contributed by atoms with Gasteiger partial charge in [0.15, 0.2) is 11.6 Å². The molecule has 0 amide bonds. The van der Waals surface area contributed by atoms with Gasteiger partial charge in [0.1, 0.15) is 6.10 Å². The van der Waals surface area contributed by atoms with E-state index in [2.05, 4.69) is 0 Å². The van der Waals surface area contributed by atoms with Crippen molar-refractivity contribution in [2.45, 2.75) is 44.2 Å². The van der Waals surface area contributed by atoms with Crippen LogP contribution in [-0.2, 0) is 0 Å². The molecule has 0 saturated heterocycles. The van der Waals surface area contributed by atoms with Crippen LogP contribution < -0.4 is 10.5 Å². The van der Waals surface area contributed by atoms with Gasteiger partial charge >= 0.3 is 0 Å². The van der Waals surface area contributed by atoms with Gasteiger partial charge in [-0.1, -0.05) is 18.9 Å². The second-order valence-electron chi connectivity index (χ2n) is 4.51. The molecule has 17 heavy (non-hydrogen) atoms. The van der Waals surface area contributed by atoms with Crippen molar-refractivity contribution in [3.05, 3.63) is 29.8 Å². The van der Waals surface area contributed by atoms with E-state index in [-0.39, 0.29) is 17.9 Å². The van der Waals surface area contributed by atoms with Gasteiger partial charge in [-0.2, -0.15) is 4.39 Å². The maximum Gasteiger partial charge on any atom is 0.200 e. The van der Waals surface area contributed by atoms with E-state index in [0.717, 1.165) is 38.2 Å². The van der Waals surface area contributed by atoms with Crippen molar-refractivity contribution in [3.63, 3.8) is 0 Å². The summed E-state index contributed by atoms with van der Waals surface area (Å²) in [6.45, 7) is 0. The molecule has 1 fully saturated rings. The molecule has 0 spiro atoms. The van der Waals surface area contributed by atoms with Crippen LogP contribution in [0.3, 0.4) is 0 Å². The molecule has 1 aliphatic carbocycles. The summed E-state index contributed by atoms with van der Waals surface area (Å²) in [5.41, 5.74) is 5.97. The Morgan fingerprint density at radius 3 is 2.71 bits per heavy atom. The van der Waals surface area contributed by atoms with E-state index in [0.29, 0.717) is 0 Å². The van der Waals surface area contributed by atoms with Gasteiger partial charge in [0.25, 0.3) is 0 Å². The fraction of sp³-hybridized carbons (Fsp3) is 0.538. The highest BCUT2D eigenvalue weighted by atomic mass is 19.2. The summed E-state index contributed by atoms with van der Waals surface area (Å²) in [5, 5.41) is 0.